The second-order valence-electron chi connectivity index (χ2n) is 9.45. The fraction of sp³-hybridized carbons (Fsp3) is 0.344. The summed E-state index contributed by atoms with van der Waals surface area (Å²) in [6.07, 6.45) is 5.52. The third kappa shape index (κ3) is 6.57. The molecule has 0 aliphatic heterocycles. The lowest BCUT2D eigenvalue weighted by atomic mass is 9.93. The van der Waals surface area contributed by atoms with Crippen LogP contribution < -0.4 is 15.2 Å². The van der Waals surface area contributed by atoms with Crippen LogP contribution in [0.5, 0.6) is 11.5 Å². The highest BCUT2D eigenvalue weighted by atomic mass is 35.5. The number of thiophene rings is 1. The van der Waals surface area contributed by atoms with Crippen molar-refractivity contribution in [1.82, 2.24) is 4.90 Å². The normalized spacial score (nSPS) is 13.5. The van der Waals surface area contributed by atoms with E-state index in [1.165, 1.54) is 24.8 Å². The highest BCUT2D eigenvalue weighted by Crippen LogP contribution is 2.38. The molecule has 0 bridgehead atoms. The Hall–Kier alpha value is -3.06. The van der Waals surface area contributed by atoms with E-state index in [2.05, 4.69) is 30.0 Å². The number of carbonyl (C=O) groups is 1. The van der Waals surface area contributed by atoms with Gasteiger partial charge in [0.2, 0.25) is 0 Å². The Morgan fingerprint density at radius 2 is 1.69 bits per heavy atom. The summed E-state index contributed by atoms with van der Waals surface area (Å²) in [7, 11) is 3.17. The average Bonchev–Trinajstić information content (AvgIpc) is 3.34. The zero-order chi connectivity index (χ0) is 27.8. The molecule has 5 nitrogen and oxygen atoms in total. The molecular weight excluding hydrogens is 528 g/mol. The Bertz CT molecular complexity index is 1380. The number of halogens is 1. The number of ether oxygens (including phenoxy) is 2. The van der Waals surface area contributed by atoms with Crippen molar-refractivity contribution in [2.45, 2.75) is 51.6 Å². The molecule has 7 heteroatoms. The lowest BCUT2D eigenvalue weighted by molar-refractivity contribution is 0.0617. The summed E-state index contributed by atoms with van der Waals surface area (Å²) in [5.74, 6) is 1.65. The van der Waals surface area contributed by atoms with E-state index in [1.54, 1.807) is 7.11 Å². The maximum atomic E-state index is 14.1. The summed E-state index contributed by atoms with van der Waals surface area (Å²) < 4.78 is 12.4. The molecule has 1 fully saturated rings. The zero-order valence-corrected chi connectivity index (χ0v) is 24.5. The van der Waals surface area contributed by atoms with Gasteiger partial charge >= 0.3 is 0 Å². The fourth-order valence-electron chi connectivity index (χ4n) is 5.19. The van der Waals surface area contributed by atoms with E-state index < -0.39 is 0 Å². The van der Waals surface area contributed by atoms with E-state index in [0.717, 1.165) is 64.0 Å². The second kappa shape index (κ2) is 13.8. The van der Waals surface area contributed by atoms with Crippen molar-refractivity contribution in [3.8, 4) is 22.6 Å². The minimum Gasteiger partial charge on any atom is -0.497 e. The first kappa shape index (κ1) is 28.9. The highest BCUT2D eigenvalue weighted by molar-refractivity contribution is 7.21. The first-order chi connectivity index (χ1) is 19.1. The van der Waals surface area contributed by atoms with Crippen molar-refractivity contribution in [2.24, 2.45) is 5.73 Å². The molecule has 0 spiro atoms. The number of hydrogen-bond acceptors (Lipinski definition) is 5. The molecule has 5 rings (SSSR count). The van der Waals surface area contributed by atoms with Gasteiger partial charge in [-0.15, -0.1) is 11.3 Å². The molecule has 2 N–H and O–H groups in total. The highest BCUT2D eigenvalue weighted by Gasteiger charge is 2.30. The van der Waals surface area contributed by atoms with Crippen LogP contribution in [-0.4, -0.2) is 37.6 Å². The number of carbonyl (C=O) groups excluding carboxylic acids is 1. The molecule has 1 aliphatic rings. The van der Waals surface area contributed by atoms with Crippen LogP contribution >= 0.6 is 22.9 Å². The summed E-state index contributed by atoms with van der Waals surface area (Å²) in [4.78, 5) is 16.8. The van der Waals surface area contributed by atoms with E-state index in [1.807, 2.05) is 54.3 Å². The molecule has 39 heavy (non-hydrogen) atoms. The van der Waals surface area contributed by atoms with Crippen molar-refractivity contribution >= 4 is 38.9 Å². The Labute approximate surface area is 240 Å². The number of nitrogens with zero attached hydrogens (tertiary/aromatic N) is 1. The lowest BCUT2D eigenvalue weighted by Gasteiger charge is -2.35. The van der Waals surface area contributed by atoms with Gasteiger partial charge in [-0.1, -0.05) is 67.3 Å². The van der Waals surface area contributed by atoms with E-state index in [9.17, 15) is 4.79 Å². The number of fused-ring (bicyclic) bond motifs is 1. The molecule has 1 aliphatic carbocycles. The van der Waals surface area contributed by atoms with E-state index in [0.29, 0.717) is 23.1 Å². The molecule has 0 unspecified atom stereocenters. The first-order valence-corrected chi connectivity index (χ1v) is 14.7. The molecule has 1 amide bonds. The van der Waals surface area contributed by atoms with Gasteiger partial charge in [0.15, 0.2) is 0 Å². The summed E-state index contributed by atoms with van der Waals surface area (Å²) >= 11 is 8.26. The van der Waals surface area contributed by atoms with Gasteiger partial charge in [-0.05, 0) is 68.3 Å². The van der Waals surface area contributed by atoms with Gasteiger partial charge in [0, 0.05) is 28.2 Å². The topological polar surface area (TPSA) is 64.8 Å². The Kier molecular flexibility index (Phi) is 10.3. The van der Waals surface area contributed by atoms with E-state index >= 15 is 0 Å². The molecule has 1 aromatic heterocycles. The minimum atomic E-state index is 0.00963. The van der Waals surface area contributed by atoms with E-state index in [4.69, 9.17) is 21.1 Å². The number of benzene rings is 3. The Morgan fingerprint density at radius 3 is 2.36 bits per heavy atom. The summed E-state index contributed by atoms with van der Waals surface area (Å²) in [6.45, 7) is 3.03. The van der Waals surface area contributed by atoms with Gasteiger partial charge in [0.25, 0.3) is 5.91 Å². The minimum absolute atomic E-state index is 0.00963. The van der Waals surface area contributed by atoms with E-state index in [-0.39, 0.29) is 11.9 Å². The SMILES string of the molecule is CCOc1ccc(-c2ccc(OC)cc2)cc1CN(C(=O)c1sc2ccccc2c1Cl)C1CCCCC1.CN. The van der Waals surface area contributed by atoms with Crippen LogP contribution in [0.4, 0.5) is 0 Å². The standard InChI is InChI=1S/C31H32ClNO3S.CH5N/c1-3-36-27-18-15-22(21-13-16-25(35-2)17-14-21)19-23(27)20-33(24-9-5-4-6-10-24)31(34)30-29(32)26-11-7-8-12-28(26)37-30;1-2/h7-8,11-19,24H,3-6,9-10,20H2,1-2H3;2H2,1H3. The van der Waals surface area contributed by atoms with Crippen LogP contribution in [0, 0.1) is 0 Å². The lowest BCUT2D eigenvalue weighted by Crippen LogP contribution is -2.40. The number of rotatable bonds is 8. The van der Waals surface area contributed by atoms with Crippen LogP contribution in [0.1, 0.15) is 54.3 Å². The molecule has 0 atom stereocenters. The third-order valence-electron chi connectivity index (χ3n) is 7.13. The van der Waals surface area contributed by atoms with Crippen LogP contribution in [0.3, 0.4) is 0 Å². The van der Waals surface area contributed by atoms with Gasteiger partial charge in [0.1, 0.15) is 16.4 Å². The quantitative estimate of drug-likeness (QED) is 0.234. The maximum absolute atomic E-state index is 14.1. The smallest absolute Gasteiger partial charge is 0.266 e. The number of hydrogen-bond donors (Lipinski definition) is 1. The molecular formula is C32H37ClN2O3S. The molecule has 4 aromatic rings. The van der Waals surface area contributed by atoms with Gasteiger partial charge in [-0.25, -0.2) is 0 Å². The zero-order valence-electron chi connectivity index (χ0n) is 22.9. The van der Waals surface area contributed by atoms with Crippen molar-refractivity contribution in [1.29, 1.82) is 0 Å². The Morgan fingerprint density at radius 1 is 1.00 bits per heavy atom. The summed E-state index contributed by atoms with van der Waals surface area (Å²) in [5, 5.41) is 1.50. The first-order valence-electron chi connectivity index (χ1n) is 13.5. The molecule has 3 aromatic carbocycles. The van der Waals surface area contributed by atoms with Crippen molar-refractivity contribution < 1.29 is 14.3 Å². The van der Waals surface area contributed by atoms with Gasteiger partial charge in [-0.3, -0.25) is 4.79 Å². The number of amides is 1. The molecule has 1 saturated carbocycles. The van der Waals surface area contributed by atoms with Crippen molar-refractivity contribution in [3.05, 3.63) is 82.2 Å². The second-order valence-corrected chi connectivity index (χ2v) is 10.9. The predicted molar refractivity (Wildman–Crippen MR) is 163 cm³/mol. The summed E-state index contributed by atoms with van der Waals surface area (Å²) in [5.41, 5.74) is 7.68. The molecule has 0 radical (unpaired) electrons. The third-order valence-corrected chi connectivity index (χ3v) is 8.79. The van der Waals surface area contributed by atoms with Crippen molar-refractivity contribution in [2.75, 3.05) is 20.8 Å². The van der Waals surface area contributed by atoms with Crippen molar-refractivity contribution in [3.63, 3.8) is 0 Å². The van der Waals surface area contributed by atoms with Crippen LogP contribution in [0.2, 0.25) is 5.02 Å². The van der Waals surface area contributed by atoms with Crippen LogP contribution in [-0.2, 0) is 6.54 Å². The van der Waals surface area contributed by atoms with Crippen LogP contribution in [0.25, 0.3) is 21.2 Å². The van der Waals surface area contributed by atoms with Gasteiger partial charge in [-0.2, -0.15) is 0 Å². The molecule has 1 heterocycles. The van der Waals surface area contributed by atoms with Gasteiger partial charge < -0.3 is 20.1 Å². The Balaban J connectivity index is 0.00000172. The predicted octanol–water partition coefficient (Wildman–Crippen LogP) is 8.18. The largest absolute Gasteiger partial charge is 0.497 e. The van der Waals surface area contributed by atoms with Crippen LogP contribution in [0.15, 0.2) is 66.7 Å². The fourth-order valence-corrected chi connectivity index (χ4v) is 6.66. The number of methoxy groups -OCH3 is 1. The monoisotopic (exact) mass is 564 g/mol. The average molecular weight is 565 g/mol. The maximum Gasteiger partial charge on any atom is 0.266 e. The molecule has 206 valence electrons. The summed E-state index contributed by atoms with van der Waals surface area (Å²) in [6, 6.07) is 22.4. The van der Waals surface area contributed by atoms with Gasteiger partial charge in [0.05, 0.1) is 18.7 Å². The number of nitrogens with two attached hydrogens (primary N) is 1. The molecule has 0 saturated heterocycles.